The summed E-state index contributed by atoms with van der Waals surface area (Å²) in [6.07, 6.45) is 0. The standard InChI is InChI=1S/C12H18N2O2/c1-8-4-5-9(6-10(8)15)14-11(16)12(2,3)7-13/h4-6,15H,7,13H2,1-3H3,(H,14,16). The van der Waals surface area contributed by atoms with Gasteiger partial charge in [0.25, 0.3) is 0 Å². The van der Waals surface area contributed by atoms with Crippen LogP contribution in [0.3, 0.4) is 0 Å². The van der Waals surface area contributed by atoms with Gasteiger partial charge in [-0.05, 0) is 32.4 Å². The third-order valence-electron chi connectivity index (χ3n) is 2.59. The quantitative estimate of drug-likeness (QED) is 0.727. The maximum atomic E-state index is 11.8. The number of nitrogens with two attached hydrogens (primary N) is 1. The number of benzene rings is 1. The first-order valence-corrected chi connectivity index (χ1v) is 5.18. The van der Waals surface area contributed by atoms with Gasteiger partial charge in [0.2, 0.25) is 5.91 Å². The van der Waals surface area contributed by atoms with Crippen molar-refractivity contribution in [3.8, 4) is 5.75 Å². The lowest BCUT2D eigenvalue weighted by molar-refractivity contribution is -0.123. The van der Waals surface area contributed by atoms with Crippen LogP contribution in [0, 0.1) is 12.3 Å². The maximum absolute atomic E-state index is 11.8. The van der Waals surface area contributed by atoms with Crippen molar-refractivity contribution in [1.82, 2.24) is 0 Å². The number of aryl methyl sites for hydroxylation is 1. The minimum absolute atomic E-state index is 0.154. The predicted octanol–water partition coefficient (Wildman–Crippen LogP) is 1.62. The molecule has 0 bridgehead atoms. The summed E-state index contributed by atoms with van der Waals surface area (Å²) >= 11 is 0. The fourth-order valence-corrected chi connectivity index (χ4v) is 1.08. The lowest BCUT2D eigenvalue weighted by atomic mass is 9.92. The van der Waals surface area contributed by atoms with E-state index >= 15 is 0 Å². The third kappa shape index (κ3) is 2.73. The van der Waals surface area contributed by atoms with Crippen LogP contribution in [0.25, 0.3) is 0 Å². The zero-order chi connectivity index (χ0) is 12.3. The monoisotopic (exact) mass is 222 g/mol. The number of phenols is 1. The van der Waals surface area contributed by atoms with Crippen molar-refractivity contribution >= 4 is 11.6 Å². The molecule has 88 valence electrons. The van der Waals surface area contributed by atoms with E-state index in [1.165, 1.54) is 6.07 Å². The van der Waals surface area contributed by atoms with Crippen LogP contribution < -0.4 is 11.1 Å². The summed E-state index contributed by atoms with van der Waals surface area (Å²) in [5.74, 6) is 0.0154. The van der Waals surface area contributed by atoms with Crippen LogP contribution >= 0.6 is 0 Å². The van der Waals surface area contributed by atoms with Gasteiger partial charge in [0.1, 0.15) is 5.75 Å². The van der Waals surface area contributed by atoms with Crippen LogP contribution in [0.1, 0.15) is 19.4 Å². The molecule has 0 spiro atoms. The van der Waals surface area contributed by atoms with Crippen molar-refractivity contribution in [2.24, 2.45) is 11.1 Å². The average molecular weight is 222 g/mol. The molecule has 4 nitrogen and oxygen atoms in total. The highest BCUT2D eigenvalue weighted by molar-refractivity contribution is 5.95. The van der Waals surface area contributed by atoms with Gasteiger partial charge in [-0.3, -0.25) is 4.79 Å². The van der Waals surface area contributed by atoms with E-state index in [0.717, 1.165) is 5.56 Å². The van der Waals surface area contributed by atoms with Crippen molar-refractivity contribution in [3.63, 3.8) is 0 Å². The number of nitrogens with one attached hydrogen (secondary N) is 1. The van der Waals surface area contributed by atoms with Crippen molar-refractivity contribution < 1.29 is 9.90 Å². The van der Waals surface area contributed by atoms with Crippen molar-refractivity contribution in [2.45, 2.75) is 20.8 Å². The molecule has 0 aromatic heterocycles. The number of amides is 1. The smallest absolute Gasteiger partial charge is 0.231 e. The average Bonchev–Trinajstić information content (AvgIpc) is 2.23. The van der Waals surface area contributed by atoms with E-state index in [0.29, 0.717) is 5.69 Å². The molecule has 4 N–H and O–H groups in total. The second kappa shape index (κ2) is 4.53. The first kappa shape index (κ1) is 12.5. The van der Waals surface area contributed by atoms with Crippen molar-refractivity contribution in [1.29, 1.82) is 0 Å². The molecule has 4 heteroatoms. The van der Waals surface area contributed by atoms with Gasteiger partial charge in [0.15, 0.2) is 0 Å². The first-order chi connectivity index (χ1) is 7.36. The van der Waals surface area contributed by atoms with Crippen molar-refractivity contribution in [2.75, 3.05) is 11.9 Å². The number of carbonyl (C=O) groups excluding carboxylic acids is 1. The Hall–Kier alpha value is -1.55. The highest BCUT2D eigenvalue weighted by Gasteiger charge is 2.25. The van der Waals surface area contributed by atoms with Crippen molar-refractivity contribution in [3.05, 3.63) is 23.8 Å². The fraction of sp³-hybridized carbons (Fsp3) is 0.417. The number of anilines is 1. The predicted molar refractivity (Wildman–Crippen MR) is 64.3 cm³/mol. The highest BCUT2D eigenvalue weighted by atomic mass is 16.3. The molecule has 0 radical (unpaired) electrons. The third-order valence-corrected chi connectivity index (χ3v) is 2.59. The zero-order valence-electron chi connectivity index (χ0n) is 9.87. The van der Waals surface area contributed by atoms with E-state index in [1.54, 1.807) is 32.9 Å². The summed E-state index contributed by atoms with van der Waals surface area (Å²) in [6.45, 7) is 5.62. The highest BCUT2D eigenvalue weighted by Crippen LogP contribution is 2.23. The molecule has 0 unspecified atom stereocenters. The molecule has 0 saturated heterocycles. The van der Waals surface area contributed by atoms with Crippen LogP contribution in [0.4, 0.5) is 5.69 Å². The molecule has 0 saturated carbocycles. The number of phenolic OH excluding ortho intramolecular Hbond substituents is 1. The molecule has 0 atom stereocenters. The van der Waals surface area contributed by atoms with E-state index in [2.05, 4.69) is 5.32 Å². The maximum Gasteiger partial charge on any atom is 0.231 e. The van der Waals surface area contributed by atoms with Crippen LogP contribution in [0.5, 0.6) is 5.75 Å². The van der Waals surface area contributed by atoms with Gasteiger partial charge in [-0.2, -0.15) is 0 Å². The van der Waals surface area contributed by atoms with Gasteiger partial charge in [0.05, 0.1) is 5.41 Å². The molecule has 16 heavy (non-hydrogen) atoms. The molecular formula is C12H18N2O2. The number of hydrogen-bond donors (Lipinski definition) is 3. The summed E-state index contributed by atoms with van der Waals surface area (Å²) in [7, 11) is 0. The Morgan fingerprint density at radius 2 is 2.12 bits per heavy atom. The SMILES string of the molecule is Cc1ccc(NC(=O)C(C)(C)CN)cc1O. The normalized spacial score (nSPS) is 11.2. The lowest BCUT2D eigenvalue weighted by Gasteiger charge is -2.21. The van der Waals surface area contributed by atoms with Crippen LogP contribution in [-0.2, 0) is 4.79 Å². The molecule has 0 aliphatic carbocycles. The Kier molecular flexibility index (Phi) is 3.55. The Morgan fingerprint density at radius 3 is 2.62 bits per heavy atom. The topological polar surface area (TPSA) is 75.4 Å². The second-order valence-corrected chi connectivity index (χ2v) is 4.54. The van der Waals surface area contributed by atoms with Crippen LogP contribution in [0.15, 0.2) is 18.2 Å². The molecule has 0 aliphatic rings. The van der Waals surface area contributed by atoms with Gasteiger partial charge in [0, 0.05) is 18.3 Å². The molecule has 1 aromatic rings. The minimum Gasteiger partial charge on any atom is -0.508 e. The minimum atomic E-state index is -0.611. The summed E-state index contributed by atoms with van der Waals surface area (Å²) in [4.78, 5) is 11.8. The van der Waals surface area contributed by atoms with E-state index in [4.69, 9.17) is 5.73 Å². The van der Waals surface area contributed by atoms with Gasteiger partial charge in [-0.1, -0.05) is 6.07 Å². The molecule has 1 rings (SSSR count). The number of rotatable bonds is 3. The van der Waals surface area contributed by atoms with Crippen LogP contribution in [-0.4, -0.2) is 17.6 Å². The molecule has 0 fully saturated rings. The number of hydrogen-bond acceptors (Lipinski definition) is 3. The van der Waals surface area contributed by atoms with Gasteiger partial charge >= 0.3 is 0 Å². The summed E-state index contributed by atoms with van der Waals surface area (Å²) in [5.41, 5.74) is 6.25. The Labute approximate surface area is 95.5 Å². The molecule has 0 heterocycles. The largest absolute Gasteiger partial charge is 0.508 e. The Bertz CT molecular complexity index is 400. The second-order valence-electron chi connectivity index (χ2n) is 4.54. The van der Waals surface area contributed by atoms with E-state index in [9.17, 15) is 9.90 Å². The summed E-state index contributed by atoms with van der Waals surface area (Å²) in [6, 6.07) is 5.03. The molecular weight excluding hydrogens is 204 g/mol. The molecule has 1 amide bonds. The van der Waals surface area contributed by atoms with Gasteiger partial charge < -0.3 is 16.2 Å². The first-order valence-electron chi connectivity index (χ1n) is 5.18. The Morgan fingerprint density at radius 1 is 1.50 bits per heavy atom. The summed E-state index contributed by atoms with van der Waals surface area (Å²) in [5, 5.41) is 12.2. The van der Waals surface area contributed by atoms with E-state index < -0.39 is 5.41 Å². The fourth-order valence-electron chi connectivity index (χ4n) is 1.08. The number of carbonyl (C=O) groups is 1. The summed E-state index contributed by atoms with van der Waals surface area (Å²) < 4.78 is 0. The van der Waals surface area contributed by atoms with Gasteiger partial charge in [-0.15, -0.1) is 0 Å². The van der Waals surface area contributed by atoms with Crippen LogP contribution in [0.2, 0.25) is 0 Å². The molecule has 0 aliphatic heterocycles. The number of aromatic hydroxyl groups is 1. The van der Waals surface area contributed by atoms with Gasteiger partial charge in [-0.25, -0.2) is 0 Å². The molecule has 1 aromatic carbocycles. The Balaban J connectivity index is 2.82. The van der Waals surface area contributed by atoms with E-state index in [-0.39, 0.29) is 18.2 Å². The van der Waals surface area contributed by atoms with E-state index in [1.807, 2.05) is 0 Å². The lowest BCUT2D eigenvalue weighted by Crippen LogP contribution is -2.37. The zero-order valence-corrected chi connectivity index (χ0v) is 9.87.